The van der Waals surface area contributed by atoms with E-state index in [9.17, 15) is 4.79 Å². The van der Waals surface area contributed by atoms with Gasteiger partial charge < -0.3 is 9.47 Å². The summed E-state index contributed by atoms with van der Waals surface area (Å²) in [6.07, 6.45) is 4.08. The van der Waals surface area contributed by atoms with Gasteiger partial charge in [-0.15, -0.1) is 6.58 Å². The van der Waals surface area contributed by atoms with Crippen LogP contribution in [0.4, 0.5) is 10.5 Å². The van der Waals surface area contributed by atoms with Crippen LogP contribution < -0.4 is 15.2 Å². The van der Waals surface area contributed by atoms with E-state index in [1.807, 2.05) is 56.1 Å². The molecule has 0 bridgehead atoms. The maximum atomic E-state index is 12.3. The average Bonchev–Trinajstić information content (AvgIpc) is 2.51. The smallest absolute Gasteiger partial charge is 0.426 e. The molecule has 0 aliphatic rings. The molecule has 0 radical (unpaired) electrons. The number of hydrogen-bond acceptors (Lipinski definition) is 4. The van der Waals surface area contributed by atoms with Gasteiger partial charge in [0.2, 0.25) is 0 Å². The van der Waals surface area contributed by atoms with Crippen molar-refractivity contribution in [2.45, 2.75) is 58.6 Å². The Morgan fingerprint density at radius 2 is 1.96 bits per heavy atom. The number of nitrogens with one attached hydrogen (secondary N) is 1. The molecule has 1 aromatic carbocycles. The van der Waals surface area contributed by atoms with Crippen LogP contribution in [0.15, 0.2) is 36.9 Å². The zero-order valence-corrected chi connectivity index (χ0v) is 15.5. The summed E-state index contributed by atoms with van der Waals surface area (Å²) in [4.78, 5) is 12.3. The van der Waals surface area contributed by atoms with Crippen molar-refractivity contribution in [2.24, 2.45) is 0 Å². The van der Waals surface area contributed by atoms with Gasteiger partial charge in [-0.1, -0.05) is 19.4 Å². The SMILES string of the molecule is C=CCC(CCC)N(NC(=O)OC(C)(C)C)c1ccc(OC)cc1. The summed E-state index contributed by atoms with van der Waals surface area (Å²) in [7, 11) is 1.63. The number of benzene rings is 1. The summed E-state index contributed by atoms with van der Waals surface area (Å²) in [6.45, 7) is 11.5. The van der Waals surface area contributed by atoms with Gasteiger partial charge >= 0.3 is 6.09 Å². The van der Waals surface area contributed by atoms with E-state index in [4.69, 9.17) is 9.47 Å². The van der Waals surface area contributed by atoms with E-state index in [0.29, 0.717) is 0 Å². The standard InChI is InChI=1S/C19H30N2O3/c1-7-9-15(10-8-2)21(20-18(22)24-19(3,4)5)16-11-13-17(23-6)14-12-16/h7,11-15H,1,8-10H2,2-6H3,(H,20,22). The van der Waals surface area contributed by atoms with E-state index in [-0.39, 0.29) is 6.04 Å². The lowest BCUT2D eigenvalue weighted by Crippen LogP contribution is -2.50. The lowest BCUT2D eigenvalue weighted by Gasteiger charge is -2.34. The number of amides is 1. The van der Waals surface area contributed by atoms with E-state index < -0.39 is 11.7 Å². The highest BCUT2D eigenvalue weighted by atomic mass is 16.6. The molecule has 5 nitrogen and oxygen atoms in total. The molecule has 1 aromatic rings. The number of hydrazine groups is 1. The molecule has 1 rings (SSSR count). The van der Waals surface area contributed by atoms with E-state index in [1.54, 1.807) is 7.11 Å². The van der Waals surface area contributed by atoms with Gasteiger partial charge in [-0.05, 0) is 57.9 Å². The van der Waals surface area contributed by atoms with Crippen LogP contribution in [-0.2, 0) is 4.74 Å². The molecule has 0 spiro atoms. The fraction of sp³-hybridized carbons (Fsp3) is 0.526. The van der Waals surface area contributed by atoms with Gasteiger partial charge in [-0.3, -0.25) is 5.01 Å². The molecule has 0 heterocycles. The van der Waals surface area contributed by atoms with Gasteiger partial charge in [0.15, 0.2) is 0 Å². The van der Waals surface area contributed by atoms with Crippen molar-refractivity contribution in [1.29, 1.82) is 0 Å². The van der Waals surface area contributed by atoms with Gasteiger partial charge in [0.1, 0.15) is 11.4 Å². The summed E-state index contributed by atoms with van der Waals surface area (Å²) < 4.78 is 10.6. The number of nitrogens with zero attached hydrogens (tertiary/aromatic N) is 1. The Morgan fingerprint density at radius 1 is 1.33 bits per heavy atom. The second-order valence-corrected chi connectivity index (χ2v) is 6.65. The van der Waals surface area contributed by atoms with Crippen molar-refractivity contribution >= 4 is 11.8 Å². The molecule has 0 aliphatic heterocycles. The van der Waals surface area contributed by atoms with Crippen molar-refractivity contribution < 1.29 is 14.3 Å². The molecule has 1 atom stereocenters. The molecule has 0 fully saturated rings. The van der Waals surface area contributed by atoms with Gasteiger partial charge in [0.25, 0.3) is 0 Å². The summed E-state index contributed by atoms with van der Waals surface area (Å²) in [5, 5.41) is 1.86. The minimum atomic E-state index is -0.547. The second-order valence-electron chi connectivity index (χ2n) is 6.65. The quantitative estimate of drug-likeness (QED) is 0.554. The lowest BCUT2D eigenvalue weighted by molar-refractivity contribution is 0.0514. The molecule has 5 heteroatoms. The number of methoxy groups -OCH3 is 1. The molecule has 0 saturated heterocycles. The van der Waals surface area contributed by atoms with E-state index in [0.717, 1.165) is 30.7 Å². The molecule has 1 unspecified atom stereocenters. The van der Waals surface area contributed by atoms with Crippen LogP contribution in [0.1, 0.15) is 47.0 Å². The van der Waals surface area contributed by atoms with Crippen molar-refractivity contribution in [3.05, 3.63) is 36.9 Å². The maximum absolute atomic E-state index is 12.3. The number of ether oxygens (including phenoxy) is 2. The first-order chi connectivity index (χ1) is 11.3. The minimum Gasteiger partial charge on any atom is -0.497 e. The minimum absolute atomic E-state index is 0.105. The first kappa shape index (κ1) is 19.9. The molecule has 1 N–H and O–H groups in total. The van der Waals surface area contributed by atoms with E-state index in [2.05, 4.69) is 18.9 Å². The highest BCUT2D eigenvalue weighted by Crippen LogP contribution is 2.23. The Morgan fingerprint density at radius 3 is 2.42 bits per heavy atom. The summed E-state index contributed by atoms with van der Waals surface area (Å²) in [6, 6.07) is 7.68. The predicted molar refractivity (Wildman–Crippen MR) is 98.4 cm³/mol. The third kappa shape index (κ3) is 6.52. The van der Waals surface area contributed by atoms with Crippen molar-refractivity contribution in [1.82, 2.24) is 5.43 Å². The predicted octanol–water partition coefficient (Wildman–Crippen LogP) is 4.69. The largest absolute Gasteiger partial charge is 0.497 e. The van der Waals surface area contributed by atoms with Crippen LogP contribution in [0.5, 0.6) is 5.75 Å². The molecule has 0 aliphatic carbocycles. The Kier molecular flexibility index (Phi) is 7.62. The fourth-order valence-electron chi connectivity index (χ4n) is 2.39. The Labute approximate surface area is 145 Å². The van der Waals surface area contributed by atoms with Crippen LogP contribution in [-0.4, -0.2) is 24.8 Å². The topological polar surface area (TPSA) is 50.8 Å². The molecule has 0 saturated carbocycles. The molecule has 24 heavy (non-hydrogen) atoms. The number of carbonyl (C=O) groups excluding carboxylic acids is 1. The summed E-state index contributed by atoms with van der Waals surface area (Å²) in [5.74, 6) is 0.770. The van der Waals surface area contributed by atoms with Crippen LogP contribution in [0.3, 0.4) is 0 Å². The van der Waals surface area contributed by atoms with Gasteiger partial charge in [0, 0.05) is 0 Å². The maximum Gasteiger partial charge on any atom is 0.426 e. The number of hydrogen-bond donors (Lipinski definition) is 1. The Balaban J connectivity index is 3.04. The second kappa shape index (κ2) is 9.21. The van der Waals surface area contributed by atoms with Gasteiger partial charge in [-0.2, -0.15) is 0 Å². The zero-order valence-electron chi connectivity index (χ0n) is 15.5. The molecule has 134 valence electrons. The van der Waals surface area contributed by atoms with Crippen LogP contribution in [0, 0.1) is 0 Å². The number of anilines is 1. The van der Waals surface area contributed by atoms with Crippen LogP contribution in [0.25, 0.3) is 0 Å². The number of rotatable bonds is 8. The van der Waals surface area contributed by atoms with Crippen molar-refractivity contribution in [3.8, 4) is 5.75 Å². The number of carbonyl (C=O) groups is 1. The third-order valence-electron chi connectivity index (χ3n) is 3.39. The van der Waals surface area contributed by atoms with Gasteiger partial charge in [-0.25, -0.2) is 10.2 Å². The van der Waals surface area contributed by atoms with Crippen LogP contribution in [0.2, 0.25) is 0 Å². The average molecular weight is 334 g/mol. The van der Waals surface area contributed by atoms with E-state index >= 15 is 0 Å². The molecular weight excluding hydrogens is 304 g/mol. The third-order valence-corrected chi connectivity index (χ3v) is 3.39. The lowest BCUT2D eigenvalue weighted by atomic mass is 10.1. The van der Waals surface area contributed by atoms with Crippen molar-refractivity contribution in [3.63, 3.8) is 0 Å². The van der Waals surface area contributed by atoms with Crippen LogP contribution >= 0.6 is 0 Å². The van der Waals surface area contributed by atoms with E-state index in [1.165, 1.54) is 0 Å². The highest BCUT2D eigenvalue weighted by Gasteiger charge is 2.23. The Hall–Kier alpha value is -2.17. The first-order valence-electron chi connectivity index (χ1n) is 8.34. The molecular formula is C19H30N2O3. The highest BCUT2D eigenvalue weighted by molar-refractivity contribution is 5.71. The monoisotopic (exact) mass is 334 g/mol. The first-order valence-corrected chi connectivity index (χ1v) is 8.34. The molecule has 0 aromatic heterocycles. The Bertz CT molecular complexity index is 520. The van der Waals surface area contributed by atoms with Crippen molar-refractivity contribution in [2.75, 3.05) is 12.1 Å². The fourth-order valence-corrected chi connectivity index (χ4v) is 2.39. The molecule has 1 amide bonds. The summed E-state index contributed by atoms with van der Waals surface area (Å²) >= 11 is 0. The normalized spacial score (nSPS) is 12.2. The van der Waals surface area contributed by atoms with Gasteiger partial charge in [0.05, 0.1) is 18.8 Å². The zero-order chi connectivity index (χ0) is 18.2. The summed E-state index contributed by atoms with van der Waals surface area (Å²) in [5.41, 5.74) is 3.21.